The van der Waals surface area contributed by atoms with Gasteiger partial charge in [-0.2, -0.15) is 0 Å². The average molecular weight is 520 g/mol. The zero-order chi connectivity index (χ0) is 27.7. The zero-order valence-electron chi connectivity index (χ0n) is 22.0. The van der Waals surface area contributed by atoms with Crippen molar-refractivity contribution in [2.24, 2.45) is 0 Å². The highest BCUT2D eigenvalue weighted by Crippen LogP contribution is 2.43. The van der Waals surface area contributed by atoms with Crippen LogP contribution in [0.4, 0.5) is 5.69 Å². The minimum atomic E-state index is -0.833. The molecule has 1 unspecified atom stereocenters. The molecule has 6 nitrogen and oxygen atoms in total. The van der Waals surface area contributed by atoms with Crippen LogP contribution in [0.2, 0.25) is 0 Å². The lowest BCUT2D eigenvalue weighted by Crippen LogP contribution is -2.29. The molecule has 39 heavy (non-hydrogen) atoms. The topological polar surface area (TPSA) is 83.9 Å². The second-order valence-corrected chi connectivity index (χ2v) is 9.99. The summed E-state index contributed by atoms with van der Waals surface area (Å²) in [4.78, 5) is 40.6. The molecule has 1 amide bonds. The van der Waals surface area contributed by atoms with Crippen molar-refractivity contribution in [2.75, 3.05) is 4.90 Å². The van der Waals surface area contributed by atoms with Crippen LogP contribution in [0.15, 0.2) is 96.6 Å². The number of rotatable bonds is 6. The maximum absolute atomic E-state index is 13.6. The number of aliphatic hydroxyl groups is 1. The second kappa shape index (κ2) is 10.6. The fourth-order valence-electron chi connectivity index (χ4n) is 5.08. The lowest BCUT2D eigenvalue weighted by Gasteiger charge is -2.26. The Kier molecular flexibility index (Phi) is 7.03. The van der Waals surface area contributed by atoms with Crippen molar-refractivity contribution in [3.8, 4) is 0 Å². The van der Waals surface area contributed by atoms with Gasteiger partial charge in [0.2, 0.25) is 0 Å². The van der Waals surface area contributed by atoms with Crippen LogP contribution in [-0.4, -0.2) is 28.9 Å². The molecule has 5 rings (SSSR count). The summed E-state index contributed by atoms with van der Waals surface area (Å²) in [7, 11) is 0. The molecule has 0 spiro atoms. The van der Waals surface area contributed by atoms with Gasteiger partial charge in [-0.05, 0) is 54.8 Å². The third-order valence-corrected chi connectivity index (χ3v) is 6.78. The number of Topliss-reactive ketones (excluding diaryl/α,β-unsaturated/α-hetero) is 1. The van der Waals surface area contributed by atoms with Crippen LogP contribution >= 0.6 is 0 Å². The van der Waals surface area contributed by atoms with Gasteiger partial charge in [-0.3, -0.25) is 19.3 Å². The molecule has 0 radical (unpaired) electrons. The molecule has 4 aromatic carbocycles. The molecule has 0 bridgehead atoms. The Labute approximate surface area is 227 Å². The molecule has 1 aliphatic rings. The number of ketones is 1. The van der Waals surface area contributed by atoms with Crippen molar-refractivity contribution in [2.45, 2.75) is 39.3 Å². The lowest BCUT2D eigenvalue weighted by atomic mass is 9.92. The van der Waals surface area contributed by atoms with E-state index >= 15 is 0 Å². The lowest BCUT2D eigenvalue weighted by molar-refractivity contribution is -0.146. The van der Waals surface area contributed by atoms with Crippen LogP contribution in [0.1, 0.15) is 42.1 Å². The summed E-state index contributed by atoms with van der Waals surface area (Å²) in [5, 5.41) is 13.3. The van der Waals surface area contributed by atoms with E-state index in [1.165, 1.54) is 4.90 Å². The largest absolute Gasteiger partial charge is 0.507 e. The summed E-state index contributed by atoms with van der Waals surface area (Å²) in [6.45, 7) is 5.52. The summed E-state index contributed by atoms with van der Waals surface area (Å²) < 4.78 is 5.23. The number of ether oxygens (including phenoxy) is 1. The van der Waals surface area contributed by atoms with E-state index in [-0.39, 0.29) is 29.8 Å². The molecule has 1 atom stereocenters. The first kappa shape index (κ1) is 25.9. The van der Waals surface area contributed by atoms with E-state index in [9.17, 15) is 19.5 Å². The first-order valence-corrected chi connectivity index (χ1v) is 12.9. The molecule has 1 fully saturated rings. The quantitative estimate of drug-likeness (QED) is 0.141. The molecule has 6 heteroatoms. The highest BCUT2D eigenvalue weighted by molar-refractivity contribution is 6.51. The van der Waals surface area contributed by atoms with E-state index in [0.717, 1.165) is 21.9 Å². The SMILES string of the molecule is Cc1cccc(C2/C(=C(/O)c3cccc4ccccc34)C(=O)C(=O)N2c2ccc(CC(=O)OC(C)C)cc2)c1. The highest BCUT2D eigenvalue weighted by atomic mass is 16.5. The normalized spacial score (nSPS) is 16.7. The van der Waals surface area contributed by atoms with Gasteiger partial charge < -0.3 is 9.84 Å². The summed E-state index contributed by atoms with van der Waals surface area (Å²) in [6.07, 6.45) is -0.112. The fourth-order valence-corrected chi connectivity index (χ4v) is 5.08. The molecule has 1 heterocycles. The van der Waals surface area contributed by atoms with Gasteiger partial charge in [0.25, 0.3) is 11.7 Å². The highest BCUT2D eigenvalue weighted by Gasteiger charge is 2.47. The fraction of sp³-hybridized carbons (Fsp3) is 0.182. The van der Waals surface area contributed by atoms with Gasteiger partial charge in [-0.1, -0.05) is 84.4 Å². The van der Waals surface area contributed by atoms with Crippen molar-refractivity contribution >= 4 is 39.9 Å². The predicted octanol–water partition coefficient (Wildman–Crippen LogP) is 6.27. The van der Waals surface area contributed by atoms with Gasteiger partial charge in [-0.25, -0.2) is 0 Å². The molecule has 0 aromatic heterocycles. The zero-order valence-corrected chi connectivity index (χ0v) is 22.0. The van der Waals surface area contributed by atoms with Gasteiger partial charge in [0.1, 0.15) is 5.76 Å². The molecule has 1 saturated heterocycles. The van der Waals surface area contributed by atoms with E-state index in [2.05, 4.69) is 0 Å². The number of carbonyl (C=O) groups is 3. The monoisotopic (exact) mass is 519 g/mol. The Morgan fingerprint density at radius 2 is 1.62 bits per heavy atom. The van der Waals surface area contributed by atoms with Crippen molar-refractivity contribution in [1.29, 1.82) is 0 Å². The van der Waals surface area contributed by atoms with Gasteiger partial charge >= 0.3 is 5.97 Å². The smallest absolute Gasteiger partial charge is 0.310 e. The number of nitrogens with zero attached hydrogens (tertiary/aromatic N) is 1. The van der Waals surface area contributed by atoms with Crippen LogP contribution < -0.4 is 4.90 Å². The average Bonchev–Trinajstić information content (AvgIpc) is 3.18. The van der Waals surface area contributed by atoms with Crippen LogP contribution in [0.5, 0.6) is 0 Å². The van der Waals surface area contributed by atoms with Gasteiger partial charge in [0.15, 0.2) is 0 Å². The number of amides is 1. The van der Waals surface area contributed by atoms with E-state index in [1.54, 1.807) is 44.2 Å². The Bertz CT molecular complexity index is 1610. The first-order valence-electron chi connectivity index (χ1n) is 12.9. The van der Waals surface area contributed by atoms with Crippen molar-refractivity contribution in [3.05, 3.63) is 119 Å². The molecule has 1 N–H and O–H groups in total. The second-order valence-electron chi connectivity index (χ2n) is 9.99. The minimum absolute atomic E-state index is 0.0338. The summed E-state index contributed by atoms with van der Waals surface area (Å²) in [5.41, 5.74) is 3.41. The molecule has 196 valence electrons. The Morgan fingerprint density at radius 3 is 2.33 bits per heavy atom. The van der Waals surface area contributed by atoms with Crippen LogP contribution in [0.25, 0.3) is 16.5 Å². The molecule has 0 saturated carbocycles. The number of hydrogen-bond acceptors (Lipinski definition) is 5. The Morgan fingerprint density at radius 1 is 0.923 bits per heavy atom. The number of hydrogen-bond donors (Lipinski definition) is 1. The maximum Gasteiger partial charge on any atom is 0.310 e. The van der Waals surface area contributed by atoms with Gasteiger partial charge in [0, 0.05) is 11.3 Å². The van der Waals surface area contributed by atoms with Crippen molar-refractivity contribution < 1.29 is 24.2 Å². The van der Waals surface area contributed by atoms with Gasteiger partial charge in [0.05, 0.1) is 24.1 Å². The van der Waals surface area contributed by atoms with Crippen molar-refractivity contribution in [1.82, 2.24) is 0 Å². The number of aliphatic hydroxyl groups excluding tert-OH is 1. The maximum atomic E-state index is 13.6. The first-order chi connectivity index (χ1) is 18.7. The molecular formula is C33H29NO5. The summed E-state index contributed by atoms with van der Waals surface area (Å²) >= 11 is 0. The van der Waals surface area contributed by atoms with E-state index in [1.807, 2.05) is 67.6 Å². The molecular weight excluding hydrogens is 490 g/mol. The number of fused-ring (bicyclic) bond motifs is 1. The Balaban J connectivity index is 1.62. The standard InChI is InChI=1S/C33H29NO5/c1-20(2)39-28(35)19-22-14-16-25(17-15-22)34-30(24-11-6-8-21(3)18-24)29(32(37)33(34)38)31(36)27-13-7-10-23-9-4-5-12-26(23)27/h4-18,20,30,36H,19H2,1-3H3/b31-29-. The van der Waals surface area contributed by atoms with E-state index in [4.69, 9.17) is 4.74 Å². The third-order valence-electron chi connectivity index (χ3n) is 6.78. The van der Waals surface area contributed by atoms with Crippen molar-refractivity contribution in [3.63, 3.8) is 0 Å². The van der Waals surface area contributed by atoms with Crippen LogP contribution in [-0.2, 0) is 25.5 Å². The number of benzene rings is 4. The molecule has 4 aromatic rings. The minimum Gasteiger partial charge on any atom is -0.507 e. The van der Waals surface area contributed by atoms with E-state index in [0.29, 0.717) is 16.8 Å². The Hall–Kier alpha value is -4.71. The molecule has 1 aliphatic heterocycles. The van der Waals surface area contributed by atoms with E-state index < -0.39 is 17.7 Å². The summed E-state index contributed by atoms with van der Waals surface area (Å²) in [5.74, 6) is -2.04. The van der Waals surface area contributed by atoms with Crippen LogP contribution in [0, 0.1) is 6.92 Å². The molecule has 0 aliphatic carbocycles. The summed E-state index contributed by atoms with van der Waals surface area (Å²) in [6, 6.07) is 26.7. The number of aryl methyl sites for hydroxylation is 1. The van der Waals surface area contributed by atoms with Gasteiger partial charge in [-0.15, -0.1) is 0 Å². The number of esters is 1. The number of carbonyl (C=O) groups excluding carboxylic acids is 3. The van der Waals surface area contributed by atoms with Crippen LogP contribution in [0.3, 0.4) is 0 Å². The third kappa shape index (κ3) is 5.06. The number of anilines is 1. The predicted molar refractivity (Wildman–Crippen MR) is 151 cm³/mol.